The van der Waals surface area contributed by atoms with Crippen LogP contribution in [0.4, 0.5) is 0 Å². The molecule has 0 spiro atoms. The molecule has 1 aliphatic heterocycles. The topological polar surface area (TPSA) is 67.8 Å². The molecule has 0 aromatic heterocycles. The lowest BCUT2D eigenvalue weighted by Crippen LogP contribution is -2.42. The first-order valence-corrected chi connectivity index (χ1v) is 7.70. The third-order valence-corrected chi connectivity index (χ3v) is 3.67. The Kier molecular flexibility index (Phi) is 5.94. The fourth-order valence-electron chi connectivity index (χ4n) is 2.37. The van der Waals surface area contributed by atoms with Crippen LogP contribution >= 0.6 is 0 Å². The molecular weight excluding hydrogens is 282 g/mol. The molecule has 1 aromatic rings. The van der Waals surface area contributed by atoms with Gasteiger partial charge in [-0.15, -0.1) is 0 Å². The molecule has 5 nitrogen and oxygen atoms in total. The van der Waals surface area contributed by atoms with Crippen LogP contribution in [0, 0.1) is 5.41 Å². The number of ether oxygens (including phenoxy) is 2. The molecule has 5 heteroatoms. The summed E-state index contributed by atoms with van der Waals surface area (Å²) in [5.74, 6) is -0.838. The van der Waals surface area contributed by atoms with Gasteiger partial charge in [0.15, 0.2) is 6.29 Å². The van der Waals surface area contributed by atoms with Crippen molar-refractivity contribution in [2.24, 2.45) is 5.41 Å². The average Bonchev–Trinajstić information content (AvgIpc) is 2.49. The molecule has 22 heavy (non-hydrogen) atoms. The van der Waals surface area contributed by atoms with Crippen molar-refractivity contribution in [1.29, 1.82) is 0 Å². The third-order valence-electron chi connectivity index (χ3n) is 3.67. The fourth-order valence-corrected chi connectivity index (χ4v) is 2.37. The van der Waals surface area contributed by atoms with Crippen molar-refractivity contribution in [3.8, 4) is 0 Å². The smallest absolute Gasteiger partial charge is 0.321 e. The normalized spacial score (nSPS) is 19.7. The monoisotopic (exact) mass is 307 g/mol. The van der Waals surface area contributed by atoms with E-state index >= 15 is 0 Å². The summed E-state index contributed by atoms with van der Waals surface area (Å²) < 4.78 is 11.3. The Bertz CT molecular complexity index is 465. The van der Waals surface area contributed by atoms with Gasteiger partial charge in [0.25, 0.3) is 0 Å². The zero-order chi connectivity index (χ0) is 16.0. The summed E-state index contributed by atoms with van der Waals surface area (Å²) in [6.07, 6.45) is 0.872. The number of hydrogen-bond acceptors (Lipinski definition) is 4. The lowest BCUT2D eigenvalue weighted by atomic mass is 9.95. The zero-order valence-electron chi connectivity index (χ0n) is 13.2. The first kappa shape index (κ1) is 16.9. The molecule has 1 aromatic carbocycles. The van der Waals surface area contributed by atoms with Gasteiger partial charge in [-0.25, -0.2) is 0 Å². The van der Waals surface area contributed by atoms with E-state index < -0.39 is 12.0 Å². The predicted molar refractivity (Wildman–Crippen MR) is 83.7 cm³/mol. The molecule has 0 bridgehead atoms. The van der Waals surface area contributed by atoms with E-state index in [1.165, 1.54) is 0 Å². The van der Waals surface area contributed by atoms with Crippen LogP contribution < -0.4 is 5.32 Å². The van der Waals surface area contributed by atoms with Gasteiger partial charge < -0.3 is 19.9 Å². The molecule has 2 N–H and O–H groups in total. The van der Waals surface area contributed by atoms with Crippen LogP contribution in [0.3, 0.4) is 0 Å². The lowest BCUT2D eigenvalue weighted by molar-refractivity contribution is -0.223. The van der Waals surface area contributed by atoms with Crippen LogP contribution in [0.25, 0.3) is 0 Å². The minimum atomic E-state index is -0.838. The highest BCUT2D eigenvalue weighted by Crippen LogP contribution is 2.23. The summed E-state index contributed by atoms with van der Waals surface area (Å²) in [7, 11) is 0. The SMILES string of the molecule is CC1(C)COC(CCNC(Cc2ccccc2)C(=O)O)OC1. The van der Waals surface area contributed by atoms with Crippen LogP contribution in [-0.2, 0) is 20.7 Å². The second-order valence-electron chi connectivity index (χ2n) is 6.54. The van der Waals surface area contributed by atoms with Crippen molar-refractivity contribution < 1.29 is 19.4 Å². The number of benzene rings is 1. The lowest BCUT2D eigenvalue weighted by Gasteiger charge is -2.34. The first-order chi connectivity index (χ1) is 10.5. The molecular formula is C17H25NO4. The zero-order valence-corrected chi connectivity index (χ0v) is 13.2. The van der Waals surface area contributed by atoms with Gasteiger partial charge in [0.1, 0.15) is 6.04 Å². The summed E-state index contributed by atoms with van der Waals surface area (Å²) in [6.45, 7) is 6.09. The first-order valence-electron chi connectivity index (χ1n) is 7.70. The van der Waals surface area contributed by atoms with E-state index in [-0.39, 0.29) is 11.7 Å². The van der Waals surface area contributed by atoms with Crippen LogP contribution in [0.1, 0.15) is 25.8 Å². The molecule has 1 aliphatic rings. The number of carboxylic acid groups (broad SMARTS) is 1. The molecule has 122 valence electrons. The van der Waals surface area contributed by atoms with Crippen molar-refractivity contribution in [1.82, 2.24) is 5.32 Å². The van der Waals surface area contributed by atoms with Gasteiger partial charge in [0.2, 0.25) is 0 Å². The van der Waals surface area contributed by atoms with Crippen molar-refractivity contribution in [3.63, 3.8) is 0 Å². The molecule has 2 rings (SSSR count). The highest BCUT2D eigenvalue weighted by Gasteiger charge is 2.28. The van der Waals surface area contributed by atoms with E-state index in [9.17, 15) is 9.90 Å². The van der Waals surface area contributed by atoms with E-state index in [4.69, 9.17) is 9.47 Å². The quantitative estimate of drug-likeness (QED) is 0.807. The summed E-state index contributed by atoms with van der Waals surface area (Å²) >= 11 is 0. The maximum absolute atomic E-state index is 11.3. The predicted octanol–water partition coefficient (Wildman–Crippen LogP) is 2.06. The molecule has 0 radical (unpaired) electrons. The van der Waals surface area contributed by atoms with Gasteiger partial charge in [-0.3, -0.25) is 4.79 Å². The number of carboxylic acids is 1. The Hall–Kier alpha value is -1.43. The van der Waals surface area contributed by atoms with E-state index in [2.05, 4.69) is 19.2 Å². The number of hydrogen-bond donors (Lipinski definition) is 2. The van der Waals surface area contributed by atoms with E-state index in [1.54, 1.807) is 0 Å². The van der Waals surface area contributed by atoms with E-state index in [1.807, 2.05) is 30.3 Å². The van der Waals surface area contributed by atoms with E-state index in [0.717, 1.165) is 5.56 Å². The number of rotatable bonds is 7. The highest BCUT2D eigenvalue weighted by atomic mass is 16.7. The maximum Gasteiger partial charge on any atom is 0.321 e. The van der Waals surface area contributed by atoms with Gasteiger partial charge in [0, 0.05) is 18.4 Å². The summed E-state index contributed by atoms with van der Waals surface area (Å²) in [4.78, 5) is 11.3. The Morgan fingerprint density at radius 1 is 1.32 bits per heavy atom. The Morgan fingerprint density at radius 2 is 1.95 bits per heavy atom. The van der Waals surface area contributed by atoms with E-state index in [0.29, 0.717) is 32.6 Å². The van der Waals surface area contributed by atoms with Crippen molar-refractivity contribution in [2.75, 3.05) is 19.8 Å². The molecule has 1 heterocycles. The van der Waals surface area contributed by atoms with Crippen LogP contribution in [0.5, 0.6) is 0 Å². The second kappa shape index (κ2) is 7.72. The molecule has 1 fully saturated rings. The van der Waals surface area contributed by atoms with Gasteiger partial charge >= 0.3 is 5.97 Å². The van der Waals surface area contributed by atoms with Crippen molar-refractivity contribution in [3.05, 3.63) is 35.9 Å². The average molecular weight is 307 g/mol. The van der Waals surface area contributed by atoms with Crippen LogP contribution in [0.2, 0.25) is 0 Å². The number of carbonyl (C=O) groups is 1. The Morgan fingerprint density at radius 3 is 2.55 bits per heavy atom. The summed E-state index contributed by atoms with van der Waals surface area (Å²) in [6, 6.07) is 9.04. The standard InChI is InChI=1S/C17H25NO4/c1-17(2)11-21-15(22-12-17)8-9-18-14(16(19)20)10-13-6-4-3-5-7-13/h3-7,14-15,18H,8-12H2,1-2H3,(H,19,20). The molecule has 1 saturated heterocycles. The second-order valence-corrected chi connectivity index (χ2v) is 6.54. The molecule has 1 unspecified atom stereocenters. The van der Waals surface area contributed by atoms with Gasteiger partial charge in [-0.05, 0) is 12.0 Å². The molecule has 0 amide bonds. The van der Waals surface area contributed by atoms with Crippen molar-refractivity contribution in [2.45, 2.75) is 39.0 Å². The maximum atomic E-state index is 11.3. The highest BCUT2D eigenvalue weighted by molar-refractivity contribution is 5.73. The minimum Gasteiger partial charge on any atom is -0.480 e. The minimum absolute atomic E-state index is 0.0564. The largest absolute Gasteiger partial charge is 0.480 e. The fraction of sp³-hybridized carbons (Fsp3) is 0.588. The van der Waals surface area contributed by atoms with Crippen LogP contribution in [0.15, 0.2) is 30.3 Å². The third kappa shape index (κ3) is 5.40. The summed E-state index contributed by atoms with van der Waals surface area (Å²) in [5.41, 5.74) is 1.07. The molecule has 1 atom stereocenters. The van der Waals surface area contributed by atoms with Gasteiger partial charge in [-0.2, -0.15) is 0 Å². The molecule has 0 aliphatic carbocycles. The Labute approximate surface area is 131 Å². The Balaban J connectivity index is 1.74. The van der Waals surface area contributed by atoms with Crippen LogP contribution in [-0.4, -0.2) is 43.2 Å². The van der Waals surface area contributed by atoms with Gasteiger partial charge in [-0.1, -0.05) is 44.2 Å². The van der Waals surface area contributed by atoms with Gasteiger partial charge in [0.05, 0.1) is 13.2 Å². The number of aliphatic carboxylic acids is 1. The number of nitrogens with one attached hydrogen (secondary N) is 1. The van der Waals surface area contributed by atoms with Crippen molar-refractivity contribution >= 4 is 5.97 Å². The molecule has 0 saturated carbocycles. The summed E-state index contributed by atoms with van der Waals surface area (Å²) in [5, 5.41) is 12.4.